The maximum atomic E-state index is 12.7. The van der Waals surface area contributed by atoms with E-state index >= 15 is 0 Å². The summed E-state index contributed by atoms with van der Waals surface area (Å²) in [6, 6.07) is 12.3. The van der Waals surface area contributed by atoms with Crippen LogP contribution in [-0.4, -0.2) is 45.3 Å². The summed E-state index contributed by atoms with van der Waals surface area (Å²) < 4.78 is 11.0. The number of carbonyl (C=O) groups excluding carboxylic acids is 2. The number of nitrogens with zero attached hydrogens (tertiary/aromatic N) is 1. The molecule has 26 heavy (non-hydrogen) atoms. The van der Waals surface area contributed by atoms with Crippen LogP contribution in [0.25, 0.3) is 0 Å². The van der Waals surface area contributed by atoms with E-state index in [1.54, 1.807) is 30.3 Å². The number of carbonyl (C=O) groups is 2. The highest BCUT2D eigenvalue weighted by Crippen LogP contribution is 2.29. The molecule has 0 spiro atoms. The molecule has 0 saturated carbocycles. The molecule has 1 fully saturated rings. The molecule has 1 heterocycles. The molecule has 1 N–H and O–H groups in total. The van der Waals surface area contributed by atoms with Crippen LogP contribution in [0.15, 0.2) is 46.9 Å². The summed E-state index contributed by atoms with van der Waals surface area (Å²) in [6.45, 7) is 2.68. The summed E-state index contributed by atoms with van der Waals surface area (Å²) in [5, 5.41) is 2.92. The Morgan fingerprint density at radius 3 is 2.58 bits per heavy atom. The third-order valence-electron chi connectivity index (χ3n) is 4.10. The Labute approximate surface area is 160 Å². The number of morpholine rings is 1. The molecule has 2 aromatic rings. The minimum Gasteiger partial charge on any atom is -0.465 e. The largest absolute Gasteiger partial charge is 0.465 e. The van der Waals surface area contributed by atoms with E-state index < -0.39 is 5.97 Å². The van der Waals surface area contributed by atoms with Crippen LogP contribution in [0.1, 0.15) is 20.7 Å². The van der Waals surface area contributed by atoms with Crippen molar-refractivity contribution in [2.45, 2.75) is 0 Å². The number of hydrogen-bond donors (Lipinski definition) is 1. The van der Waals surface area contributed by atoms with E-state index in [1.165, 1.54) is 7.11 Å². The number of hydrogen-bond acceptors (Lipinski definition) is 5. The number of nitrogens with one attached hydrogen (secondary N) is 1. The third kappa shape index (κ3) is 4.23. The molecular formula is C19H19BrN2O4. The van der Waals surface area contributed by atoms with Crippen LogP contribution in [-0.2, 0) is 9.47 Å². The Kier molecular flexibility index (Phi) is 5.90. The van der Waals surface area contributed by atoms with Crippen molar-refractivity contribution >= 4 is 39.2 Å². The highest BCUT2D eigenvalue weighted by molar-refractivity contribution is 9.10. The zero-order valence-electron chi connectivity index (χ0n) is 14.3. The molecule has 0 aromatic heterocycles. The van der Waals surface area contributed by atoms with E-state index in [2.05, 4.69) is 26.1 Å². The van der Waals surface area contributed by atoms with Gasteiger partial charge in [-0.05, 0) is 36.4 Å². The molecule has 3 rings (SSSR count). The first kappa shape index (κ1) is 18.4. The number of ether oxygens (including phenoxy) is 2. The van der Waals surface area contributed by atoms with Gasteiger partial charge >= 0.3 is 5.97 Å². The fourth-order valence-electron chi connectivity index (χ4n) is 2.79. The maximum absolute atomic E-state index is 12.7. The van der Waals surface area contributed by atoms with Crippen LogP contribution in [0, 0.1) is 0 Å². The van der Waals surface area contributed by atoms with Gasteiger partial charge in [0.25, 0.3) is 5.91 Å². The van der Waals surface area contributed by atoms with E-state index in [0.717, 1.165) is 23.2 Å². The summed E-state index contributed by atoms with van der Waals surface area (Å²) in [4.78, 5) is 26.7. The van der Waals surface area contributed by atoms with Gasteiger partial charge in [-0.15, -0.1) is 0 Å². The van der Waals surface area contributed by atoms with E-state index in [9.17, 15) is 9.59 Å². The second kappa shape index (κ2) is 8.33. The highest BCUT2D eigenvalue weighted by Gasteiger charge is 2.19. The van der Waals surface area contributed by atoms with Gasteiger partial charge in [0.15, 0.2) is 0 Å². The normalized spacial score (nSPS) is 14.0. The minimum absolute atomic E-state index is 0.247. The predicted octanol–water partition coefficient (Wildman–Crippen LogP) is 3.32. The maximum Gasteiger partial charge on any atom is 0.337 e. The van der Waals surface area contributed by atoms with Crippen molar-refractivity contribution in [3.63, 3.8) is 0 Å². The van der Waals surface area contributed by atoms with Crippen molar-refractivity contribution in [1.29, 1.82) is 0 Å². The van der Waals surface area contributed by atoms with Crippen molar-refractivity contribution in [3.05, 3.63) is 58.1 Å². The smallest absolute Gasteiger partial charge is 0.337 e. The molecule has 136 valence electrons. The second-order valence-corrected chi connectivity index (χ2v) is 6.70. The Hall–Kier alpha value is -2.38. The monoisotopic (exact) mass is 418 g/mol. The zero-order valence-corrected chi connectivity index (χ0v) is 15.9. The fraction of sp³-hybridized carbons (Fsp3) is 0.263. The van der Waals surface area contributed by atoms with Gasteiger partial charge in [-0.1, -0.05) is 22.0 Å². The van der Waals surface area contributed by atoms with Gasteiger partial charge in [-0.25, -0.2) is 4.79 Å². The number of esters is 1. The number of anilines is 2. The molecule has 7 heteroatoms. The number of benzene rings is 2. The van der Waals surface area contributed by atoms with Crippen LogP contribution in [0.3, 0.4) is 0 Å². The lowest BCUT2D eigenvalue weighted by molar-refractivity contribution is 0.0600. The Morgan fingerprint density at radius 1 is 1.12 bits per heavy atom. The molecule has 0 atom stereocenters. The molecule has 1 saturated heterocycles. The average Bonchev–Trinajstić information content (AvgIpc) is 2.68. The Bertz CT molecular complexity index is 819. The lowest BCUT2D eigenvalue weighted by Gasteiger charge is -2.30. The molecule has 2 aromatic carbocycles. The van der Waals surface area contributed by atoms with Crippen molar-refractivity contribution in [2.24, 2.45) is 0 Å². The zero-order chi connectivity index (χ0) is 18.5. The van der Waals surface area contributed by atoms with Crippen LogP contribution in [0.5, 0.6) is 0 Å². The van der Waals surface area contributed by atoms with Crippen LogP contribution < -0.4 is 10.2 Å². The van der Waals surface area contributed by atoms with Gasteiger partial charge in [0.2, 0.25) is 0 Å². The van der Waals surface area contributed by atoms with E-state index in [4.69, 9.17) is 9.47 Å². The van der Waals surface area contributed by atoms with E-state index in [-0.39, 0.29) is 5.91 Å². The lowest BCUT2D eigenvalue weighted by Crippen LogP contribution is -2.36. The Morgan fingerprint density at radius 2 is 1.88 bits per heavy atom. The quantitative estimate of drug-likeness (QED) is 0.771. The van der Waals surface area contributed by atoms with Crippen LogP contribution in [0.2, 0.25) is 0 Å². The van der Waals surface area contributed by atoms with Gasteiger partial charge in [0.05, 0.1) is 37.3 Å². The molecule has 6 nitrogen and oxygen atoms in total. The predicted molar refractivity (Wildman–Crippen MR) is 103 cm³/mol. The number of amides is 1. The highest BCUT2D eigenvalue weighted by atomic mass is 79.9. The van der Waals surface area contributed by atoms with Gasteiger partial charge in [0.1, 0.15) is 0 Å². The first-order valence-electron chi connectivity index (χ1n) is 8.20. The topological polar surface area (TPSA) is 67.9 Å². The summed E-state index contributed by atoms with van der Waals surface area (Å²) >= 11 is 3.37. The molecule has 0 radical (unpaired) electrons. The van der Waals surface area contributed by atoms with Crippen molar-refractivity contribution in [3.8, 4) is 0 Å². The molecular weight excluding hydrogens is 400 g/mol. The van der Waals surface area contributed by atoms with Gasteiger partial charge in [-0.3, -0.25) is 4.79 Å². The number of methoxy groups -OCH3 is 1. The average molecular weight is 419 g/mol. The van der Waals surface area contributed by atoms with Crippen molar-refractivity contribution < 1.29 is 19.1 Å². The van der Waals surface area contributed by atoms with Gasteiger partial charge in [0, 0.05) is 23.1 Å². The van der Waals surface area contributed by atoms with Crippen molar-refractivity contribution in [1.82, 2.24) is 0 Å². The molecule has 0 unspecified atom stereocenters. The molecule has 0 aliphatic carbocycles. The lowest BCUT2D eigenvalue weighted by atomic mass is 10.1. The molecule has 1 amide bonds. The standard InChI is InChI=1S/C19H19BrN2O4/c1-25-19(24)14-5-6-17(22-7-9-26-10-8-22)16(12-14)21-18(23)13-3-2-4-15(20)11-13/h2-6,11-12H,7-10H2,1H3,(H,21,23). The summed E-state index contributed by atoms with van der Waals surface area (Å²) in [5.74, 6) is -0.695. The minimum atomic E-state index is -0.448. The van der Waals surface area contributed by atoms with Crippen molar-refractivity contribution in [2.75, 3.05) is 43.6 Å². The van der Waals surface area contributed by atoms with E-state index in [0.29, 0.717) is 30.0 Å². The summed E-state index contributed by atoms with van der Waals surface area (Å²) in [7, 11) is 1.33. The van der Waals surface area contributed by atoms with Gasteiger partial charge < -0.3 is 19.7 Å². The number of rotatable bonds is 4. The Balaban J connectivity index is 1.93. The first-order valence-corrected chi connectivity index (χ1v) is 9.00. The summed E-state index contributed by atoms with van der Waals surface area (Å²) in [5.41, 5.74) is 2.33. The molecule has 1 aliphatic heterocycles. The molecule has 0 bridgehead atoms. The van der Waals surface area contributed by atoms with E-state index in [1.807, 2.05) is 12.1 Å². The van der Waals surface area contributed by atoms with Gasteiger partial charge in [-0.2, -0.15) is 0 Å². The molecule has 1 aliphatic rings. The fourth-order valence-corrected chi connectivity index (χ4v) is 3.18. The third-order valence-corrected chi connectivity index (χ3v) is 4.60. The first-order chi connectivity index (χ1) is 12.6. The van der Waals surface area contributed by atoms with Crippen LogP contribution >= 0.6 is 15.9 Å². The SMILES string of the molecule is COC(=O)c1ccc(N2CCOCC2)c(NC(=O)c2cccc(Br)c2)c1. The van der Waals surface area contributed by atoms with Crippen LogP contribution in [0.4, 0.5) is 11.4 Å². The number of halogens is 1. The summed E-state index contributed by atoms with van der Waals surface area (Å²) in [6.07, 6.45) is 0. The second-order valence-electron chi connectivity index (χ2n) is 5.79.